The zero-order chi connectivity index (χ0) is 27.2. The summed E-state index contributed by atoms with van der Waals surface area (Å²) in [6.45, 7) is 6.39. The Morgan fingerprint density at radius 2 is 1.59 bits per heavy atom. The number of piperazine rings is 1. The molecule has 1 aliphatic rings. The zero-order valence-electron chi connectivity index (χ0n) is 20.5. The SMILES string of the molecule is CC(NC(=O)Cn1ccc(=O)c2ccccc21)c1ccc(N2CCN(C)CC2)cc1.O=C(O)C(F)(F)F. The van der Waals surface area contributed by atoms with E-state index in [1.807, 2.05) is 29.7 Å². The molecule has 198 valence electrons. The van der Waals surface area contributed by atoms with Crippen molar-refractivity contribution in [3.05, 3.63) is 76.6 Å². The lowest BCUT2D eigenvalue weighted by molar-refractivity contribution is -0.192. The molecular formula is C26H29F3N4O4. The predicted molar refractivity (Wildman–Crippen MR) is 135 cm³/mol. The molecule has 0 saturated carbocycles. The van der Waals surface area contributed by atoms with E-state index in [1.165, 1.54) is 11.8 Å². The number of pyridine rings is 1. The number of benzene rings is 2. The number of halogens is 3. The number of nitrogens with one attached hydrogen (secondary N) is 1. The standard InChI is InChI=1S/C24H28N4O2.C2HF3O2/c1-18(19-7-9-20(10-8-19)27-15-13-26(2)14-16-27)25-24(30)17-28-12-11-23(29)21-5-3-4-6-22(21)28;3-2(4,5)1(6)7/h3-12,18H,13-17H2,1-2H3,(H,25,30);(H,6,7). The highest BCUT2D eigenvalue weighted by Crippen LogP contribution is 2.20. The van der Waals surface area contributed by atoms with Gasteiger partial charge in [0.15, 0.2) is 5.43 Å². The third kappa shape index (κ3) is 7.56. The molecule has 2 aromatic carbocycles. The van der Waals surface area contributed by atoms with Gasteiger partial charge in [0.25, 0.3) is 0 Å². The van der Waals surface area contributed by atoms with Crippen LogP contribution in [0.15, 0.2) is 65.6 Å². The van der Waals surface area contributed by atoms with Crippen LogP contribution >= 0.6 is 0 Å². The molecule has 3 aromatic rings. The Labute approximate surface area is 211 Å². The van der Waals surface area contributed by atoms with E-state index in [9.17, 15) is 22.8 Å². The van der Waals surface area contributed by atoms with Gasteiger partial charge >= 0.3 is 12.1 Å². The van der Waals surface area contributed by atoms with Crippen LogP contribution < -0.4 is 15.6 Å². The molecule has 4 rings (SSSR count). The summed E-state index contributed by atoms with van der Waals surface area (Å²) in [6, 6.07) is 17.2. The van der Waals surface area contributed by atoms with Gasteiger partial charge in [-0.05, 0) is 43.8 Å². The lowest BCUT2D eigenvalue weighted by Crippen LogP contribution is -2.44. The van der Waals surface area contributed by atoms with Gasteiger partial charge in [-0.1, -0.05) is 24.3 Å². The van der Waals surface area contributed by atoms with Crippen molar-refractivity contribution in [2.75, 3.05) is 38.1 Å². The fourth-order valence-corrected chi connectivity index (χ4v) is 3.96. The number of rotatable bonds is 5. The Balaban J connectivity index is 0.000000479. The van der Waals surface area contributed by atoms with Gasteiger partial charge < -0.3 is 24.8 Å². The van der Waals surface area contributed by atoms with Crippen LogP contribution in [0.25, 0.3) is 10.9 Å². The third-order valence-corrected chi connectivity index (χ3v) is 6.08. The number of aliphatic carboxylic acids is 1. The van der Waals surface area contributed by atoms with Crippen molar-refractivity contribution in [2.24, 2.45) is 0 Å². The summed E-state index contributed by atoms with van der Waals surface area (Å²) in [5.74, 6) is -2.84. The van der Waals surface area contributed by atoms with Crippen LogP contribution in [-0.2, 0) is 16.1 Å². The van der Waals surface area contributed by atoms with Crippen molar-refractivity contribution in [3.63, 3.8) is 0 Å². The fourth-order valence-electron chi connectivity index (χ4n) is 3.96. The molecule has 1 atom stereocenters. The Bertz CT molecular complexity index is 1280. The molecule has 1 aromatic heterocycles. The van der Waals surface area contributed by atoms with E-state index in [0.717, 1.165) is 37.3 Å². The smallest absolute Gasteiger partial charge is 0.475 e. The first kappa shape index (κ1) is 27.7. The Morgan fingerprint density at radius 3 is 2.19 bits per heavy atom. The number of carboxylic acid groups (broad SMARTS) is 1. The Hall–Kier alpha value is -3.86. The first-order chi connectivity index (χ1) is 17.5. The highest BCUT2D eigenvalue weighted by Gasteiger charge is 2.38. The maximum Gasteiger partial charge on any atom is 0.490 e. The van der Waals surface area contributed by atoms with Gasteiger partial charge in [0, 0.05) is 49.5 Å². The minimum atomic E-state index is -5.08. The van der Waals surface area contributed by atoms with Crippen molar-refractivity contribution >= 4 is 28.5 Å². The number of aromatic nitrogens is 1. The monoisotopic (exact) mass is 518 g/mol. The number of carbonyl (C=O) groups is 2. The molecular weight excluding hydrogens is 489 g/mol. The van der Waals surface area contributed by atoms with Gasteiger partial charge in [-0.2, -0.15) is 13.2 Å². The second kappa shape index (κ2) is 11.9. The number of hydrogen-bond donors (Lipinski definition) is 2. The second-order valence-corrected chi connectivity index (χ2v) is 8.80. The van der Waals surface area contributed by atoms with E-state index in [2.05, 4.69) is 46.4 Å². The zero-order valence-corrected chi connectivity index (χ0v) is 20.5. The minimum Gasteiger partial charge on any atom is -0.475 e. The molecule has 0 radical (unpaired) electrons. The van der Waals surface area contributed by atoms with Crippen LogP contribution in [0.2, 0.25) is 0 Å². The van der Waals surface area contributed by atoms with Crippen LogP contribution in [-0.4, -0.2) is 65.9 Å². The van der Waals surface area contributed by atoms with Gasteiger partial charge in [0.1, 0.15) is 6.54 Å². The van der Waals surface area contributed by atoms with E-state index < -0.39 is 12.1 Å². The summed E-state index contributed by atoms with van der Waals surface area (Å²) in [6.07, 6.45) is -3.40. The molecule has 1 saturated heterocycles. The van der Waals surface area contributed by atoms with E-state index >= 15 is 0 Å². The largest absolute Gasteiger partial charge is 0.490 e. The molecule has 37 heavy (non-hydrogen) atoms. The lowest BCUT2D eigenvalue weighted by atomic mass is 10.1. The number of nitrogens with zero attached hydrogens (tertiary/aromatic N) is 3. The van der Waals surface area contributed by atoms with Crippen LogP contribution in [0.1, 0.15) is 18.5 Å². The van der Waals surface area contributed by atoms with Crippen LogP contribution in [0.4, 0.5) is 18.9 Å². The maximum atomic E-state index is 12.6. The summed E-state index contributed by atoms with van der Waals surface area (Å²) in [4.78, 5) is 38.3. The van der Waals surface area contributed by atoms with Gasteiger partial charge in [-0.3, -0.25) is 9.59 Å². The average Bonchev–Trinajstić information content (AvgIpc) is 2.86. The molecule has 2 N–H and O–H groups in total. The first-order valence-electron chi connectivity index (χ1n) is 11.7. The van der Waals surface area contributed by atoms with Crippen molar-refractivity contribution in [1.29, 1.82) is 0 Å². The summed E-state index contributed by atoms with van der Waals surface area (Å²) < 4.78 is 33.6. The quantitative estimate of drug-likeness (QED) is 0.539. The minimum absolute atomic E-state index is 0.0314. The molecule has 8 nitrogen and oxygen atoms in total. The van der Waals surface area contributed by atoms with E-state index in [-0.39, 0.29) is 23.9 Å². The van der Waals surface area contributed by atoms with Crippen LogP contribution in [0, 0.1) is 0 Å². The van der Waals surface area contributed by atoms with Crippen molar-refractivity contribution in [2.45, 2.75) is 25.7 Å². The van der Waals surface area contributed by atoms with Gasteiger partial charge in [0.05, 0.1) is 11.6 Å². The number of carboxylic acids is 1. The number of alkyl halides is 3. The molecule has 0 bridgehead atoms. The molecule has 1 amide bonds. The van der Waals surface area contributed by atoms with Crippen LogP contribution in [0.3, 0.4) is 0 Å². The molecule has 1 aliphatic heterocycles. The second-order valence-electron chi connectivity index (χ2n) is 8.80. The highest BCUT2D eigenvalue weighted by molar-refractivity contribution is 5.82. The first-order valence-corrected chi connectivity index (χ1v) is 11.7. The highest BCUT2D eigenvalue weighted by atomic mass is 19.4. The molecule has 1 fully saturated rings. The summed E-state index contributed by atoms with van der Waals surface area (Å²) >= 11 is 0. The van der Waals surface area contributed by atoms with E-state index in [0.29, 0.717) is 5.39 Å². The summed E-state index contributed by atoms with van der Waals surface area (Å²) in [5.41, 5.74) is 3.04. The molecule has 1 unspecified atom stereocenters. The number of para-hydroxylation sites is 1. The number of carbonyl (C=O) groups excluding carboxylic acids is 1. The number of hydrogen-bond acceptors (Lipinski definition) is 5. The third-order valence-electron chi connectivity index (χ3n) is 6.08. The molecule has 2 heterocycles. The van der Waals surface area contributed by atoms with Crippen molar-refractivity contribution in [3.8, 4) is 0 Å². The van der Waals surface area contributed by atoms with Gasteiger partial charge in [-0.25, -0.2) is 4.79 Å². The fraction of sp³-hybridized carbons (Fsp3) is 0.346. The van der Waals surface area contributed by atoms with Crippen molar-refractivity contribution < 1.29 is 27.9 Å². The van der Waals surface area contributed by atoms with Gasteiger partial charge in [-0.15, -0.1) is 0 Å². The lowest BCUT2D eigenvalue weighted by Gasteiger charge is -2.34. The van der Waals surface area contributed by atoms with Crippen LogP contribution in [0.5, 0.6) is 0 Å². The van der Waals surface area contributed by atoms with E-state index in [1.54, 1.807) is 12.3 Å². The Morgan fingerprint density at radius 1 is 1.00 bits per heavy atom. The summed E-state index contributed by atoms with van der Waals surface area (Å²) in [7, 11) is 2.15. The predicted octanol–water partition coefficient (Wildman–Crippen LogP) is 3.26. The molecule has 11 heteroatoms. The molecule has 0 spiro atoms. The summed E-state index contributed by atoms with van der Waals surface area (Å²) in [5, 5.41) is 10.8. The number of likely N-dealkylation sites (N-methyl/N-ethyl adjacent to an activating group) is 1. The van der Waals surface area contributed by atoms with E-state index in [4.69, 9.17) is 9.90 Å². The normalized spacial score (nSPS) is 15.0. The molecule has 0 aliphatic carbocycles. The van der Waals surface area contributed by atoms with Crippen molar-refractivity contribution in [1.82, 2.24) is 14.8 Å². The number of amides is 1. The topological polar surface area (TPSA) is 94.9 Å². The average molecular weight is 519 g/mol. The van der Waals surface area contributed by atoms with Gasteiger partial charge in [0.2, 0.25) is 5.91 Å². The number of fused-ring (bicyclic) bond motifs is 1. The maximum absolute atomic E-state index is 12.6. The Kier molecular flexibility index (Phi) is 8.93. The number of anilines is 1.